The molecule has 1 aromatic carbocycles. The first kappa shape index (κ1) is 17.9. The van der Waals surface area contributed by atoms with Gasteiger partial charge in [0.25, 0.3) is 0 Å². The number of piperazine rings is 1. The first-order chi connectivity index (χ1) is 11.2. The van der Waals surface area contributed by atoms with Gasteiger partial charge in [0.2, 0.25) is 5.12 Å². The van der Waals surface area contributed by atoms with Crippen molar-refractivity contribution < 1.29 is 15.1 Å². The highest BCUT2D eigenvalue weighted by Gasteiger charge is 2.21. The van der Waals surface area contributed by atoms with Crippen LogP contribution in [0.4, 0.5) is 0 Å². The summed E-state index contributed by atoms with van der Waals surface area (Å²) in [6.45, 7) is 4.74. The van der Waals surface area contributed by atoms with E-state index in [4.69, 9.17) is 10.3 Å². The Morgan fingerprint density at radius 1 is 1.13 bits per heavy atom. The van der Waals surface area contributed by atoms with Crippen LogP contribution in [0.1, 0.15) is 5.56 Å². The van der Waals surface area contributed by atoms with Gasteiger partial charge in [0.15, 0.2) is 0 Å². The van der Waals surface area contributed by atoms with Crippen LogP contribution in [0.15, 0.2) is 35.5 Å². The Kier molecular flexibility index (Phi) is 7.54. The lowest BCUT2D eigenvalue weighted by atomic mass is 10.2. The highest BCUT2D eigenvalue weighted by Crippen LogP contribution is 2.10. The van der Waals surface area contributed by atoms with Crippen molar-refractivity contribution in [2.45, 2.75) is 6.54 Å². The van der Waals surface area contributed by atoms with Crippen molar-refractivity contribution in [3.8, 4) is 0 Å². The molecular formula is C16H23N3O3S. The molecule has 0 atom stereocenters. The van der Waals surface area contributed by atoms with Crippen molar-refractivity contribution >= 4 is 22.6 Å². The quantitative estimate of drug-likeness (QED) is 0.437. The third-order valence-corrected chi connectivity index (χ3v) is 4.65. The van der Waals surface area contributed by atoms with Gasteiger partial charge in [0.1, 0.15) is 5.71 Å². The van der Waals surface area contributed by atoms with E-state index in [2.05, 4.69) is 27.1 Å². The fourth-order valence-electron chi connectivity index (χ4n) is 2.52. The molecule has 126 valence electrons. The number of hydrogen-bond acceptors (Lipinski definition) is 7. The van der Waals surface area contributed by atoms with E-state index >= 15 is 0 Å². The number of thioether (sulfide) groups is 1. The summed E-state index contributed by atoms with van der Waals surface area (Å²) < 4.78 is 0. The van der Waals surface area contributed by atoms with Crippen LogP contribution in [0.25, 0.3) is 0 Å². The van der Waals surface area contributed by atoms with Gasteiger partial charge in [-0.2, -0.15) is 0 Å². The van der Waals surface area contributed by atoms with E-state index in [9.17, 15) is 4.79 Å². The van der Waals surface area contributed by atoms with Crippen LogP contribution in [0.5, 0.6) is 0 Å². The highest BCUT2D eigenvalue weighted by molar-refractivity contribution is 8.15. The van der Waals surface area contributed by atoms with Gasteiger partial charge in [-0.25, -0.2) is 0 Å². The molecule has 0 aliphatic carbocycles. The summed E-state index contributed by atoms with van der Waals surface area (Å²) in [4.78, 5) is 16.3. The summed E-state index contributed by atoms with van der Waals surface area (Å²) >= 11 is 0.983. The average molecular weight is 337 g/mol. The number of benzene rings is 1. The molecule has 0 unspecified atom stereocenters. The van der Waals surface area contributed by atoms with E-state index < -0.39 is 0 Å². The lowest BCUT2D eigenvalue weighted by Crippen LogP contribution is -2.48. The number of aliphatic hydroxyl groups is 1. The molecule has 6 nitrogen and oxygen atoms in total. The maximum absolute atomic E-state index is 11.8. The van der Waals surface area contributed by atoms with Crippen LogP contribution in [0.3, 0.4) is 0 Å². The van der Waals surface area contributed by atoms with Gasteiger partial charge < -0.3 is 10.3 Å². The molecule has 0 spiro atoms. The molecule has 2 rings (SSSR count). The molecule has 0 saturated carbocycles. The highest BCUT2D eigenvalue weighted by atomic mass is 32.2. The largest absolute Gasteiger partial charge is 0.410 e. The molecule has 1 fully saturated rings. The molecule has 0 amide bonds. The van der Waals surface area contributed by atoms with Crippen molar-refractivity contribution in [2.24, 2.45) is 5.16 Å². The van der Waals surface area contributed by atoms with Gasteiger partial charge in [-0.1, -0.05) is 47.2 Å². The van der Waals surface area contributed by atoms with Crippen LogP contribution in [-0.2, 0) is 11.3 Å². The minimum atomic E-state index is -0.270. The summed E-state index contributed by atoms with van der Waals surface area (Å²) in [7, 11) is 0. The van der Waals surface area contributed by atoms with Crippen molar-refractivity contribution in [3.05, 3.63) is 35.9 Å². The Balaban J connectivity index is 1.76. The zero-order valence-electron chi connectivity index (χ0n) is 13.1. The predicted molar refractivity (Wildman–Crippen MR) is 91.9 cm³/mol. The molecule has 1 heterocycles. The van der Waals surface area contributed by atoms with Crippen molar-refractivity contribution in [1.82, 2.24) is 9.80 Å². The third kappa shape index (κ3) is 5.95. The first-order valence-electron chi connectivity index (χ1n) is 7.70. The van der Waals surface area contributed by atoms with Gasteiger partial charge in [0, 0.05) is 45.0 Å². The Bertz CT molecular complexity index is 517. The van der Waals surface area contributed by atoms with Gasteiger partial charge in [-0.15, -0.1) is 0 Å². The molecular weight excluding hydrogens is 314 g/mol. The van der Waals surface area contributed by atoms with Crippen LogP contribution < -0.4 is 0 Å². The third-order valence-electron chi connectivity index (χ3n) is 3.77. The van der Waals surface area contributed by atoms with Crippen LogP contribution >= 0.6 is 11.8 Å². The van der Waals surface area contributed by atoms with E-state index in [1.54, 1.807) is 0 Å². The van der Waals surface area contributed by atoms with E-state index in [1.165, 1.54) is 5.56 Å². The van der Waals surface area contributed by atoms with Crippen molar-refractivity contribution in [1.29, 1.82) is 0 Å². The summed E-state index contributed by atoms with van der Waals surface area (Å²) in [5.74, 6) is 0.322. The first-order valence-corrected chi connectivity index (χ1v) is 8.69. The van der Waals surface area contributed by atoms with E-state index in [1.807, 2.05) is 18.2 Å². The zero-order chi connectivity index (χ0) is 16.5. The van der Waals surface area contributed by atoms with E-state index in [0.717, 1.165) is 44.5 Å². The molecule has 2 N–H and O–H groups in total. The maximum atomic E-state index is 11.8. The standard InChI is InChI=1S/C16H23N3O3S/c20-10-11-23-16(21)15(17-22)13-19-8-6-18(7-9-19)12-14-4-2-1-3-5-14/h1-5,20,22H,6-13H2. The fourth-order valence-corrected chi connectivity index (χ4v) is 3.07. The summed E-state index contributed by atoms with van der Waals surface area (Å²) in [5, 5.41) is 20.6. The molecule has 23 heavy (non-hydrogen) atoms. The number of carbonyl (C=O) groups is 1. The second-order valence-corrected chi connectivity index (χ2v) is 6.51. The maximum Gasteiger partial charge on any atom is 0.238 e. The molecule has 7 heteroatoms. The topological polar surface area (TPSA) is 76.4 Å². The van der Waals surface area contributed by atoms with E-state index in [0.29, 0.717) is 12.3 Å². The SMILES string of the molecule is O=C(SCCO)C(CN1CCN(Cc2ccccc2)CC1)=NO. The number of rotatable bonds is 7. The summed E-state index contributed by atoms with van der Waals surface area (Å²) in [5.41, 5.74) is 1.45. The lowest BCUT2D eigenvalue weighted by Gasteiger charge is -2.34. The average Bonchev–Trinajstić information content (AvgIpc) is 2.60. The number of carbonyl (C=O) groups excluding carboxylic acids is 1. The number of aliphatic hydroxyl groups excluding tert-OH is 1. The van der Waals surface area contributed by atoms with Crippen molar-refractivity contribution in [3.63, 3.8) is 0 Å². The van der Waals surface area contributed by atoms with Gasteiger partial charge in [0.05, 0.1) is 6.61 Å². The number of hydrogen-bond donors (Lipinski definition) is 2. The number of nitrogens with zero attached hydrogens (tertiary/aromatic N) is 3. The molecule has 1 aromatic rings. The lowest BCUT2D eigenvalue weighted by molar-refractivity contribution is -0.105. The molecule has 1 aliphatic heterocycles. The van der Waals surface area contributed by atoms with Gasteiger partial charge in [-0.05, 0) is 5.56 Å². The Labute approximate surface area is 140 Å². The second-order valence-electron chi connectivity index (χ2n) is 5.44. The van der Waals surface area contributed by atoms with E-state index in [-0.39, 0.29) is 17.4 Å². The predicted octanol–water partition coefficient (Wildman–Crippen LogP) is 0.886. The Morgan fingerprint density at radius 3 is 2.39 bits per heavy atom. The second kappa shape index (κ2) is 9.67. The molecule has 0 radical (unpaired) electrons. The van der Waals surface area contributed by atoms with Gasteiger partial charge in [-0.3, -0.25) is 14.6 Å². The number of oxime groups is 1. The van der Waals surface area contributed by atoms with Crippen LogP contribution in [-0.4, -0.2) is 76.0 Å². The minimum Gasteiger partial charge on any atom is -0.410 e. The monoisotopic (exact) mass is 337 g/mol. The van der Waals surface area contributed by atoms with Crippen LogP contribution in [0.2, 0.25) is 0 Å². The summed E-state index contributed by atoms with van der Waals surface area (Å²) in [6, 6.07) is 10.4. The fraction of sp³-hybridized carbons (Fsp3) is 0.500. The molecule has 1 saturated heterocycles. The minimum absolute atomic E-state index is 0.0622. The molecule has 1 aliphatic rings. The smallest absolute Gasteiger partial charge is 0.238 e. The summed E-state index contributed by atoms with van der Waals surface area (Å²) in [6.07, 6.45) is 0. The molecule has 0 bridgehead atoms. The zero-order valence-corrected chi connectivity index (χ0v) is 13.9. The van der Waals surface area contributed by atoms with Gasteiger partial charge >= 0.3 is 0 Å². The molecule has 0 aromatic heterocycles. The van der Waals surface area contributed by atoms with Crippen LogP contribution in [0, 0.1) is 0 Å². The Morgan fingerprint density at radius 2 is 1.78 bits per heavy atom. The Hall–Kier alpha value is -1.41. The normalized spacial score (nSPS) is 17.3. The van der Waals surface area contributed by atoms with Crippen molar-refractivity contribution in [2.75, 3.05) is 45.1 Å².